The number of anilines is 1. The second kappa shape index (κ2) is 10.0. The first-order valence-corrected chi connectivity index (χ1v) is 10.6. The zero-order valence-corrected chi connectivity index (χ0v) is 19.2. The maximum Gasteiger partial charge on any atom is 0.490 e. The van der Waals surface area contributed by atoms with Crippen LogP contribution in [0, 0.1) is 6.92 Å². The second-order valence-electron chi connectivity index (χ2n) is 7.23. The summed E-state index contributed by atoms with van der Waals surface area (Å²) >= 11 is 12.5. The van der Waals surface area contributed by atoms with Crippen molar-refractivity contribution in [3.05, 3.63) is 81.1 Å². The van der Waals surface area contributed by atoms with Crippen LogP contribution in [0.25, 0.3) is 11.1 Å². The van der Waals surface area contributed by atoms with Gasteiger partial charge < -0.3 is 15.7 Å². The lowest BCUT2D eigenvalue weighted by atomic mass is 9.93. The molecular formula is C23H18Cl2F3N3O3. The summed E-state index contributed by atoms with van der Waals surface area (Å²) in [4.78, 5) is 28.6. The number of carbonyl (C=O) groups excluding carboxylic acids is 1. The molecule has 0 spiro atoms. The number of amides is 1. The number of rotatable bonds is 3. The highest BCUT2D eigenvalue weighted by atomic mass is 35.5. The van der Waals surface area contributed by atoms with Crippen LogP contribution in [0.1, 0.15) is 27.3 Å². The van der Waals surface area contributed by atoms with Gasteiger partial charge in [-0.1, -0.05) is 47.5 Å². The number of pyridine rings is 1. The lowest BCUT2D eigenvalue weighted by Crippen LogP contribution is -2.23. The van der Waals surface area contributed by atoms with E-state index in [-0.39, 0.29) is 12.5 Å². The lowest BCUT2D eigenvalue weighted by Gasteiger charge is -2.17. The fourth-order valence-electron chi connectivity index (χ4n) is 3.56. The fraction of sp³-hybridized carbons (Fsp3) is 0.174. The third-order valence-electron chi connectivity index (χ3n) is 5.06. The molecule has 1 aliphatic rings. The number of nitrogens with zero attached hydrogens (tertiary/aromatic N) is 2. The predicted octanol–water partition coefficient (Wildman–Crippen LogP) is 5.62. The summed E-state index contributed by atoms with van der Waals surface area (Å²) in [5, 5.41) is 8.15. The smallest absolute Gasteiger partial charge is 0.475 e. The highest BCUT2D eigenvalue weighted by Crippen LogP contribution is 2.40. The maximum absolute atomic E-state index is 13.3. The van der Waals surface area contributed by atoms with Crippen molar-refractivity contribution in [1.29, 1.82) is 0 Å². The van der Waals surface area contributed by atoms with Gasteiger partial charge in [0.1, 0.15) is 0 Å². The Kier molecular flexibility index (Phi) is 7.50. The molecule has 0 fully saturated rings. The van der Waals surface area contributed by atoms with E-state index < -0.39 is 12.1 Å². The van der Waals surface area contributed by atoms with Crippen molar-refractivity contribution in [2.45, 2.75) is 26.2 Å². The summed E-state index contributed by atoms with van der Waals surface area (Å²) in [6.45, 7) is 2.59. The van der Waals surface area contributed by atoms with Crippen LogP contribution in [0.5, 0.6) is 0 Å². The number of hydrogen-bond acceptors (Lipinski definition) is 4. The largest absolute Gasteiger partial charge is 0.490 e. The van der Waals surface area contributed by atoms with E-state index in [0.717, 1.165) is 33.8 Å². The van der Waals surface area contributed by atoms with Crippen molar-refractivity contribution in [2.75, 3.05) is 4.90 Å². The van der Waals surface area contributed by atoms with Crippen molar-refractivity contribution >= 4 is 40.8 Å². The molecular weight excluding hydrogens is 494 g/mol. The molecule has 3 aromatic rings. The molecule has 1 amide bonds. The number of halogens is 5. The van der Waals surface area contributed by atoms with Gasteiger partial charge in [0.15, 0.2) is 0 Å². The van der Waals surface area contributed by atoms with Crippen LogP contribution in [-0.2, 0) is 17.9 Å². The van der Waals surface area contributed by atoms with Crippen molar-refractivity contribution < 1.29 is 27.9 Å². The van der Waals surface area contributed by atoms with Gasteiger partial charge in [0.2, 0.25) is 0 Å². The summed E-state index contributed by atoms with van der Waals surface area (Å²) in [5.74, 6) is -2.85. The molecule has 1 aromatic heterocycles. The average Bonchev–Trinajstić information content (AvgIpc) is 3.09. The minimum atomic E-state index is -5.08. The summed E-state index contributed by atoms with van der Waals surface area (Å²) in [6.07, 6.45) is -5.08. The van der Waals surface area contributed by atoms with Gasteiger partial charge in [-0.15, -0.1) is 0 Å². The van der Waals surface area contributed by atoms with Crippen LogP contribution < -0.4 is 10.6 Å². The Morgan fingerprint density at radius 1 is 1.15 bits per heavy atom. The zero-order chi connectivity index (χ0) is 25.2. The Balaban J connectivity index is 0.000000406. The number of carboxylic acid groups (broad SMARTS) is 1. The maximum atomic E-state index is 13.3. The van der Waals surface area contributed by atoms with Gasteiger partial charge in [0, 0.05) is 39.1 Å². The number of nitrogens with two attached hydrogens (primary N) is 1. The van der Waals surface area contributed by atoms with E-state index in [9.17, 15) is 18.0 Å². The van der Waals surface area contributed by atoms with E-state index >= 15 is 0 Å². The Morgan fingerprint density at radius 3 is 2.29 bits per heavy atom. The van der Waals surface area contributed by atoms with E-state index in [4.69, 9.17) is 38.8 Å². The van der Waals surface area contributed by atoms with Crippen LogP contribution in [0.4, 0.5) is 18.9 Å². The first-order valence-electron chi connectivity index (χ1n) is 9.80. The molecule has 4 rings (SSSR count). The van der Waals surface area contributed by atoms with Crippen molar-refractivity contribution in [3.8, 4) is 11.1 Å². The van der Waals surface area contributed by atoms with Crippen LogP contribution >= 0.6 is 23.2 Å². The third kappa shape index (κ3) is 5.16. The molecule has 0 aliphatic carbocycles. The van der Waals surface area contributed by atoms with E-state index in [1.807, 2.05) is 43.3 Å². The highest BCUT2D eigenvalue weighted by molar-refractivity contribution is 6.36. The van der Waals surface area contributed by atoms with Gasteiger partial charge in [-0.2, -0.15) is 13.2 Å². The van der Waals surface area contributed by atoms with E-state index in [1.54, 1.807) is 17.0 Å². The fourth-order valence-corrected chi connectivity index (χ4v) is 4.06. The standard InChI is InChI=1S/C21H17Cl2N3O.C2HF3O2/c1-12-16(10-24)19(15-8-7-13(22)9-17(15)23)20-18(25-12)11-26(21(20)27)14-5-3-2-4-6-14;3-2(4,5)1(6)7/h2-9H,10-11,24H2,1H3;(H,6,7). The molecule has 0 saturated heterocycles. The van der Waals surface area contributed by atoms with Gasteiger partial charge in [-0.3, -0.25) is 9.78 Å². The molecule has 0 atom stereocenters. The number of carbonyl (C=O) groups is 2. The van der Waals surface area contributed by atoms with Gasteiger partial charge in [-0.05, 0) is 36.8 Å². The average molecular weight is 512 g/mol. The number of aryl methyl sites for hydroxylation is 1. The van der Waals surface area contributed by atoms with Gasteiger partial charge in [0.25, 0.3) is 5.91 Å². The first-order chi connectivity index (χ1) is 16.0. The SMILES string of the molecule is Cc1nc2c(c(-c3ccc(Cl)cc3Cl)c1CN)C(=O)N(c1ccccc1)C2.O=C(O)C(F)(F)F. The van der Waals surface area contributed by atoms with Crippen LogP contribution in [0.2, 0.25) is 10.0 Å². The van der Waals surface area contributed by atoms with Crippen LogP contribution in [0.15, 0.2) is 48.5 Å². The summed E-state index contributed by atoms with van der Waals surface area (Å²) < 4.78 is 31.7. The number of para-hydroxylation sites is 1. The molecule has 0 unspecified atom stereocenters. The van der Waals surface area contributed by atoms with Crippen LogP contribution in [0.3, 0.4) is 0 Å². The summed E-state index contributed by atoms with van der Waals surface area (Å²) in [6, 6.07) is 14.8. The second-order valence-corrected chi connectivity index (χ2v) is 8.07. The monoisotopic (exact) mass is 511 g/mol. The molecule has 178 valence electrons. The van der Waals surface area contributed by atoms with E-state index in [2.05, 4.69) is 4.98 Å². The van der Waals surface area contributed by atoms with Crippen molar-refractivity contribution in [2.24, 2.45) is 5.73 Å². The van der Waals surface area contributed by atoms with Gasteiger partial charge in [-0.25, -0.2) is 4.79 Å². The lowest BCUT2D eigenvalue weighted by molar-refractivity contribution is -0.192. The third-order valence-corrected chi connectivity index (χ3v) is 5.61. The van der Waals surface area contributed by atoms with E-state index in [0.29, 0.717) is 22.2 Å². The Bertz CT molecular complexity index is 1250. The summed E-state index contributed by atoms with van der Waals surface area (Å²) in [5.41, 5.74) is 11.3. The minimum absolute atomic E-state index is 0.0978. The van der Waals surface area contributed by atoms with Crippen LogP contribution in [-0.4, -0.2) is 28.1 Å². The zero-order valence-electron chi connectivity index (χ0n) is 17.7. The molecule has 3 N–H and O–H groups in total. The molecule has 2 heterocycles. The Morgan fingerprint density at radius 2 is 1.76 bits per heavy atom. The normalized spacial score (nSPS) is 12.8. The molecule has 34 heavy (non-hydrogen) atoms. The van der Waals surface area contributed by atoms with Crippen molar-refractivity contribution in [3.63, 3.8) is 0 Å². The Hall–Kier alpha value is -3.14. The summed E-state index contributed by atoms with van der Waals surface area (Å²) in [7, 11) is 0. The molecule has 0 saturated carbocycles. The molecule has 0 bridgehead atoms. The number of alkyl halides is 3. The minimum Gasteiger partial charge on any atom is -0.475 e. The predicted molar refractivity (Wildman–Crippen MR) is 123 cm³/mol. The number of hydrogen-bond donors (Lipinski definition) is 2. The molecule has 0 radical (unpaired) electrons. The van der Waals surface area contributed by atoms with Gasteiger partial charge >= 0.3 is 12.1 Å². The molecule has 1 aliphatic heterocycles. The van der Waals surface area contributed by atoms with E-state index in [1.165, 1.54) is 0 Å². The number of carboxylic acids is 1. The molecule has 6 nitrogen and oxygen atoms in total. The Labute approximate surface area is 202 Å². The highest BCUT2D eigenvalue weighted by Gasteiger charge is 2.38. The van der Waals surface area contributed by atoms with Crippen molar-refractivity contribution in [1.82, 2.24) is 4.98 Å². The number of fused-ring (bicyclic) bond motifs is 1. The number of benzene rings is 2. The molecule has 11 heteroatoms. The van der Waals surface area contributed by atoms with Gasteiger partial charge in [0.05, 0.1) is 17.8 Å². The quantitative estimate of drug-likeness (QED) is 0.475. The topological polar surface area (TPSA) is 96.5 Å². The first kappa shape index (κ1) is 25.5. The number of aromatic nitrogens is 1. The number of aliphatic carboxylic acids is 1. The molecule has 2 aromatic carbocycles.